The number of nitrogens with zero attached hydrogens (tertiary/aromatic N) is 4. The fourth-order valence-corrected chi connectivity index (χ4v) is 5.52. The predicted octanol–water partition coefficient (Wildman–Crippen LogP) is 2.63. The molecule has 2 aromatic heterocycles. The quantitative estimate of drug-likeness (QED) is 0.428. The standard InChI is InChI=1S/C26H33N5O4S/c1-15(2)23(31-11-16(3)10-28-31)26(35)30-12-20(33)9-22(30)25(34)29-21(13-32)18-5-7-19(8-6-18)24-17(4)27-14-36-24/h5-8,10-11,14-15,20-23,32-33H,9,12-13H2,1-4H3,(H,29,34)/t20-,21+,22+,23+/m1/s1. The van der Waals surface area contributed by atoms with Gasteiger partial charge in [0, 0.05) is 19.2 Å². The number of carbonyl (C=O) groups is 2. The Morgan fingerprint density at radius 3 is 2.50 bits per heavy atom. The summed E-state index contributed by atoms with van der Waals surface area (Å²) < 4.78 is 1.63. The fraction of sp³-hybridized carbons (Fsp3) is 0.462. The van der Waals surface area contributed by atoms with Gasteiger partial charge in [-0.05, 0) is 36.5 Å². The molecule has 192 valence electrons. The molecule has 0 radical (unpaired) electrons. The van der Waals surface area contributed by atoms with Crippen molar-refractivity contribution in [1.29, 1.82) is 0 Å². The van der Waals surface area contributed by atoms with Gasteiger partial charge in [-0.3, -0.25) is 14.3 Å². The molecule has 10 heteroatoms. The summed E-state index contributed by atoms with van der Waals surface area (Å²) in [6.07, 6.45) is 2.84. The van der Waals surface area contributed by atoms with Gasteiger partial charge in [0.2, 0.25) is 11.8 Å². The summed E-state index contributed by atoms with van der Waals surface area (Å²) in [6, 6.07) is 5.57. The highest BCUT2D eigenvalue weighted by Gasteiger charge is 2.43. The number of thiazole rings is 1. The molecule has 3 heterocycles. The number of rotatable bonds is 8. The number of aryl methyl sites for hydroxylation is 2. The Kier molecular flexibility index (Phi) is 7.87. The number of amides is 2. The van der Waals surface area contributed by atoms with Gasteiger partial charge in [0.1, 0.15) is 12.1 Å². The molecular formula is C26H33N5O4S. The van der Waals surface area contributed by atoms with E-state index in [9.17, 15) is 19.8 Å². The first-order valence-electron chi connectivity index (χ1n) is 12.1. The van der Waals surface area contributed by atoms with E-state index in [-0.39, 0.29) is 31.4 Å². The minimum atomic E-state index is -0.835. The van der Waals surface area contributed by atoms with Crippen LogP contribution in [0.1, 0.15) is 49.2 Å². The van der Waals surface area contributed by atoms with Gasteiger partial charge in [0.05, 0.1) is 41.0 Å². The van der Waals surface area contributed by atoms with E-state index >= 15 is 0 Å². The minimum absolute atomic E-state index is 0.0656. The van der Waals surface area contributed by atoms with Crippen LogP contribution in [0.3, 0.4) is 0 Å². The molecule has 1 aliphatic heterocycles. The number of likely N-dealkylation sites (tertiary alicyclic amines) is 1. The van der Waals surface area contributed by atoms with Crippen LogP contribution in [0.25, 0.3) is 10.4 Å². The number of nitrogens with one attached hydrogen (secondary N) is 1. The van der Waals surface area contributed by atoms with Gasteiger partial charge in [0.15, 0.2) is 0 Å². The molecule has 1 saturated heterocycles. The molecule has 1 aromatic carbocycles. The summed E-state index contributed by atoms with van der Waals surface area (Å²) in [5.74, 6) is -0.723. The second-order valence-corrected chi connectivity index (χ2v) is 10.6. The molecule has 36 heavy (non-hydrogen) atoms. The van der Waals surface area contributed by atoms with Gasteiger partial charge in [-0.2, -0.15) is 5.10 Å². The molecular weight excluding hydrogens is 478 g/mol. The lowest BCUT2D eigenvalue weighted by Gasteiger charge is -2.30. The molecule has 0 spiro atoms. The summed E-state index contributed by atoms with van der Waals surface area (Å²) in [5.41, 5.74) is 5.46. The van der Waals surface area contributed by atoms with E-state index < -0.39 is 30.1 Å². The minimum Gasteiger partial charge on any atom is -0.394 e. The molecule has 4 atom stereocenters. The molecule has 3 aromatic rings. The first kappa shape index (κ1) is 26.0. The lowest BCUT2D eigenvalue weighted by molar-refractivity contribution is -0.142. The molecule has 0 bridgehead atoms. The normalized spacial score (nSPS) is 19.5. The zero-order chi connectivity index (χ0) is 26.0. The van der Waals surface area contributed by atoms with E-state index in [0.717, 1.165) is 27.3 Å². The third-order valence-electron chi connectivity index (χ3n) is 6.58. The van der Waals surface area contributed by atoms with Crippen LogP contribution in [-0.2, 0) is 9.59 Å². The number of aliphatic hydroxyl groups excluding tert-OH is 2. The van der Waals surface area contributed by atoms with Crippen LogP contribution in [0.4, 0.5) is 0 Å². The van der Waals surface area contributed by atoms with Gasteiger partial charge >= 0.3 is 0 Å². The van der Waals surface area contributed by atoms with Crippen LogP contribution in [0.2, 0.25) is 0 Å². The Hall–Kier alpha value is -3.08. The monoisotopic (exact) mass is 511 g/mol. The second-order valence-electron chi connectivity index (χ2n) is 9.72. The van der Waals surface area contributed by atoms with Crippen LogP contribution < -0.4 is 5.32 Å². The van der Waals surface area contributed by atoms with Crippen molar-refractivity contribution in [2.75, 3.05) is 13.2 Å². The van der Waals surface area contributed by atoms with Crippen molar-refractivity contribution in [2.45, 2.75) is 58.3 Å². The van der Waals surface area contributed by atoms with Crippen LogP contribution >= 0.6 is 11.3 Å². The van der Waals surface area contributed by atoms with E-state index in [0.29, 0.717) is 0 Å². The van der Waals surface area contributed by atoms with Crippen molar-refractivity contribution >= 4 is 23.2 Å². The number of hydrogen-bond acceptors (Lipinski definition) is 7. The Labute approximate surface area is 214 Å². The zero-order valence-corrected chi connectivity index (χ0v) is 21.8. The molecule has 0 unspecified atom stereocenters. The van der Waals surface area contributed by atoms with Gasteiger partial charge in [-0.25, -0.2) is 4.98 Å². The molecule has 9 nitrogen and oxygen atoms in total. The van der Waals surface area contributed by atoms with Crippen LogP contribution in [0.15, 0.2) is 42.2 Å². The highest BCUT2D eigenvalue weighted by molar-refractivity contribution is 7.13. The van der Waals surface area contributed by atoms with Crippen molar-refractivity contribution in [1.82, 2.24) is 25.0 Å². The van der Waals surface area contributed by atoms with E-state index in [1.54, 1.807) is 27.7 Å². The van der Waals surface area contributed by atoms with Crippen LogP contribution in [-0.4, -0.2) is 67.0 Å². The maximum atomic E-state index is 13.6. The molecule has 3 N–H and O–H groups in total. The summed E-state index contributed by atoms with van der Waals surface area (Å²) >= 11 is 1.56. The van der Waals surface area contributed by atoms with Gasteiger partial charge in [-0.15, -0.1) is 11.3 Å². The summed E-state index contributed by atoms with van der Waals surface area (Å²) in [4.78, 5) is 33.7. The van der Waals surface area contributed by atoms with Gasteiger partial charge < -0.3 is 20.4 Å². The number of benzene rings is 1. The van der Waals surface area contributed by atoms with Crippen molar-refractivity contribution < 1.29 is 19.8 Å². The first-order valence-corrected chi connectivity index (χ1v) is 13.0. The Morgan fingerprint density at radius 2 is 1.94 bits per heavy atom. The Bertz CT molecular complexity index is 1210. The largest absolute Gasteiger partial charge is 0.394 e. The number of β-amino-alcohol motifs (C(OH)–C–C–N with tert-alkyl or cyclic N) is 1. The molecule has 0 aliphatic carbocycles. The Balaban J connectivity index is 1.50. The van der Waals surface area contributed by atoms with E-state index in [1.165, 1.54) is 4.90 Å². The summed E-state index contributed by atoms with van der Waals surface area (Å²) in [5, 5.41) is 27.6. The molecule has 4 rings (SSSR count). The first-order chi connectivity index (χ1) is 17.2. The lowest BCUT2D eigenvalue weighted by atomic mass is 10.0. The van der Waals surface area contributed by atoms with Crippen molar-refractivity contribution in [3.63, 3.8) is 0 Å². The van der Waals surface area contributed by atoms with E-state index in [2.05, 4.69) is 15.4 Å². The Morgan fingerprint density at radius 1 is 1.22 bits per heavy atom. The highest BCUT2D eigenvalue weighted by Crippen LogP contribution is 2.29. The topological polar surface area (TPSA) is 121 Å². The maximum Gasteiger partial charge on any atom is 0.248 e. The highest BCUT2D eigenvalue weighted by atomic mass is 32.1. The van der Waals surface area contributed by atoms with Gasteiger partial charge in [-0.1, -0.05) is 38.1 Å². The average Bonchev–Trinajstić information content (AvgIpc) is 3.57. The summed E-state index contributed by atoms with van der Waals surface area (Å²) in [6.45, 7) is 7.50. The predicted molar refractivity (Wildman–Crippen MR) is 137 cm³/mol. The van der Waals surface area contributed by atoms with E-state index in [1.807, 2.05) is 58.2 Å². The molecule has 1 fully saturated rings. The van der Waals surface area contributed by atoms with Crippen molar-refractivity contribution in [3.05, 3.63) is 59.0 Å². The number of aliphatic hydroxyl groups is 2. The number of aromatic nitrogens is 3. The second kappa shape index (κ2) is 10.9. The molecule has 1 aliphatic rings. The third kappa shape index (κ3) is 5.35. The molecule has 0 saturated carbocycles. The summed E-state index contributed by atoms with van der Waals surface area (Å²) in [7, 11) is 0. The van der Waals surface area contributed by atoms with Crippen molar-refractivity contribution in [2.24, 2.45) is 5.92 Å². The third-order valence-corrected chi connectivity index (χ3v) is 7.56. The smallest absolute Gasteiger partial charge is 0.248 e. The SMILES string of the molecule is Cc1cnn([C@H](C(=O)N2C[C@H](O)C[C@H]2C(=O)N[C@@H](CO)c2ccc(-c3scnc3C)cc2)C(C)C)c1. The zero-order valence-electron chi connectivity index (χ0n) is 21.0. The van der Waals surface area contributed by atoms with Crippen LogP contribution in [0, 0.1) is 19.8 Å². The van der Waals surface area contributed by atoms with E-state index in [4.69, 9.17) is 0 Å². The number of carbonyl (C=O) groups excluding carboxylic acids is 2. The van der Waals surface area contributed by atoms with Gasteiger partial charge in [0.25, 0.3) is 0 Å². The maximum absolute atomic E-state index is 13.6. The molecule has 2 amide bonds. The van der Waals surface area contributed by atoms with Crippen molar-refractivity contribution in [3.8, 4) is 10.4 Å². The van der Waals surface area contributed by atoms with Crippen LogP contribution in [0.5, 0.6) is 0 Å². The number of hydrogen-bond donors (Lipinski definition) is 3. The average molecular weight is 512 g/mol. The fourth-order valence-electron chi connectivity index (χ4n) is 4.71. The lowest BCUT2D eigenvalue weighted by Crippen LogP contribution is -2.50.